The molecule has 1 saturated heterocycles. The summed E-state index contributed by atoms with van der Waals surface area (Å²) in [5, 5.41) is 12.2. The quantitative estimate of drug-likeness (QED) is 0.744. The summed E-state index contributed by atoms with van der Waals surface area (Å²) in [4.78, 5) is 28.6. The molecule has 0 spiro atoms. The standard InChI is InChI=1S/C20H17FN2O3/c21-15-5-2-4-14(10-15)20(26)7-8-23(12-20)19(25)16-6-1-3-13-9-18(24)22-11-17(13)16/h1-6,9-11,26H,7-8,12H2,(H,22,24). The van der Waals surface area contributed by atoms with Crippen LogP contribution in [0.2, 0.25) is 0 Å². The largest absolute Gasteiger partial charge is 0.383 e. The van der Waals surface area contributed by atoms with Crippen molar-refractivity contribution in [2.24, 2.45) is 0 Å². The summed E-state index contributed by atoms with van der Waals surface area (Å²) in [7, 11) is 0. The fourth-order valence-corrected chi connectivity index (χ4v) is 3.53. The third kappa shape index (κ3) is 2.78. The molecule has 132 valence electrons. The minimum absolute atomic E-state index is 0.0923. The molecule has 1 aliphatic heterocycles. The average Bonchev–Trinajstić information content (AvgIpc) is 3.04. The van der Waals surface area contributed by atoms with E-state index < -0.39 is 11.4 Å². The summed E-state index contributed by atoms with van der Waals surface area (Å²) >= 11 is 0. The van der Waals surface area contributed by atoms with Crippen LogP contribution >= 0.6 is 0 Å². The summed E-state index contributed by atoms with van der Waals surface area (Å²) in [6, 6.07) is 12.5. The molecule has 1 atom stereocenters. The second-order valence-corrected chi connectivity index (χ2v) is 6.62. The smallest absolute Gasteiger partial charge is 0.254 e. The molecule has 2 aromatic carbocycles. The fourth-order valence-electron chi connectivity index (χ4n) is 3.53. The van der Waals surface area contributed by atoms with Crippen LogP contribution in [-0.4, -0.2) is 34.0 Å². The maximum Gasteiger partial charge on any atom is 0.254 e. The summed E-state index contributed by atoms with van der Waals surface area (Å²) in [5.41, 5.74) is -0.572. The lowest BCUT2D eigenvalue weighted by molar-refractivity contribution is 0.0416. The maximum absolute atomic E-state index is 13.5. The first-order chi connectivity index (χ1) is 12.5. The normalized spacial score (nSPS) is 19.8. The number of fused-ring (bicyclic) bond motifs is 1. The molecule has 3 aromatic rings. The van der Waals surface area contributed by atoms with Crippen molar-refractivity contribution >= 4 is 16.7 Å². The fraction of sp³-hybridized carbons (Fsp3) is 0.200. The van der Waals surface area contributed by atoms with Crippen LogP contribution < -0.4 is 5.56 Å². The Morgan fingerprint density at radius 3 is 2.81 bits per heavy atom. The molecule has 2 N–H and O–H groups in total. The molecule has 1 aliphatic rings. The van der Waals surface area contributed by atoms with E-state index in [2.05, 4.69) is 4.98 Å². The monoisotopic (exact) mass is 352 g/mol. The number of halogens is 1. The van der Waals surface area contributed by atoms with Gasteiger partial charge in [0.1, 0.15) is 11.4 Å². The number of hydrogen-bond donors (Lipinski definition) is 2. The molecule has 2 heterocycles. The van der Waals surface area contributed by atoms with Gasteiger partial charge in [-0.25, -0.2) is 4.39 Å². The van der Waals surface area contributed by atoms with E-state index in [9.17, 15) is 19.1 Å². The summed E-state index contributed by atoms with van der Waals surface area (Å²) in [5.74, 6) is -0.645. The summed E-state index contributed by atoms with van der Waals surface area (Å²) < 4.78 is 13.5. The van der Waals surface area contributed by atoms with Gasteiger partial charge in [0, 0.05) is 29.8 Å². The van der Waals surface area contributed by atoms with Crippen molar-refractivity contribution in [2.45, 2.75) is 12.0 Å². The van der Waals surface area contributed by atoms with Crippen LogP contribution in [0.25, 0.3) is 10.8 Å². The Bertz CT molecular complexity index is 1060. The minimum atomic E-state index is -1.27. The number of nitrogens with zero attached hydrogens (tertiary/aromatic N) is 1. The average molecular weight is 352 g/mol. The Morgan fingerprint density at radius 2 is 2.00 bits per heavy atom. The van der Waals surface area contributed by atoms with Crippen LogP contribution in [-0.2, 0) is 5.60 Å². The molecule has 0 saturated carbocycles. The van der Waals surface area contributed by atoms with Crippen LogP contribution in [0, 0.1) is 5.82 Å². The molecule has 1 amide bonds. The van der Waals surface area contributed by atoms with Gasteiger partial charge in [-0.1, -0.05) is 24.3 Å². The first kappa shape index (κ1) is 16.5. The molecule has 5 nitrogen and oxygen atoms in total. The number of amides is 1. The van der Waals surface area contributed by atoms with E-state index in [0.717, 1.165) is 0 Å². The molecular formula is C20H17FN2O3. The van der Waals surface area contributed by atoms with Crippen LogP contribution in [0.15, 0.2) is 59.5 Å². The van der Waals surface area contributed by atoms with Gasteiger partial charge >= 0.3 is 0 Å². The summed E-state index contributed by atoms with van der Waals surface area (Å²) in [6.45, 7) is 0.459. The third-order valence-electron chi connectivity index (χ3n) is 4.91. The molecule has 0 aliphatic carbocycles. The number of hydrogen-bond acceptors (Lipinski definition) is 3. The first-order valence-corrected chi connectivity index (χ1v) is 8.35. The van der Waals surface area contributed by atoms with Gasteiger partial charge in [-0.2, -0.15) is 0 Å². The molecule has 0 bridgehead atoms. The minimum Gasteiger partial charge on any atom is -0.383 e. The zero-order chi connectivity index (χ0) is 18.3. The van der Waals surface area contributed by atoms with Gasteiger partial charge in [-0.3, -0.25) is 9.59 Å². The second-order valence-electron chi connectivity index (χ2n) is 6.62. The van der Waals surface area contributed by atoms with Gasteiger partial charge in [-0.05, 0) is 35.6 Å². The van der Waals surface area contributed by atoms with Crippen LogP contribution in [0.1, 0.15) is 22.3 Å². The number of pyridine rings is 1. The lowest BCUT2D eigenvalue weighted by Crippen LogP contribution is -2.34. The lowest BCUT2D eigenvalue weighted by atomic mass is 9.93. The Hall–Kier alpha value is -2.99. The highest BCUT2D eigenvalue weighted by Crippen LogP contribution is 2.33. The predicted molar refractivity (Wildman–Crippen MR) is 95.4 cm³/mol. The number of H-pyrrole nitrogens is 1. The van der Waals surface area contributed by atoms with Crippen LogP contribution in [0.5, 0.6) is 0 Å². The predicted octanol–water partition coefficient (Wildman–Crippen LogP) is 2.40. The Balaban J connectivity index is 1.65. The molecule has 26 heavy (non-hydrogen) atoms. The number of carbonyl (C=O) groups is 1. The van der Waals surface area contributed by atoms with Gasteiger partial charge in [0.05, 0.1) is 6.54 Å². The molecule has 1 fully saturated rings. The molecule has 1 aromatic heterocycles. The van der Waals surface area contributed by atoms with Gasteiger partial charge in [-0.15, -0.1) is 0 Å². The number of aliphatic hydroxyl groups is 1. The van der Waals surface area contributed by atoms with Crippen molar-refractivity contribution in [2.75, 3.05) is 13.1 Å². The van der Waals surface area contributed by atoms with E-state index in [1.807, 2.05) is 0 Å². The van der Waals surface area contributed by atoms with Crippen molar-refractivity contribution in [1.82, 2.24) is 9.88 Å². The van der Waals surface area contributed by atoms with Gasteiger partial charge < -0.3 is 15.0 Å². The Kier molecular flexibility index (Phi) is 3.85. The number of benzene rings is 2. The van der Waals surface area contributed by atoms with Gasteiger partial charge in [0.25, 0.3) is 5.91 Å². The van der Waals surface area contributed by atoms with E-state index in [-0.39, 0.29) is 18.0 Å². The van der Waals surface area contributed by atoms with Crippen LogP contribution in [0.4, 0.5) is 4.39 Å². The topological polar surface area (TPSA) is 73.4 Å². The number of nitrogens with one attached hydrogen (secondary N) is 1. The number of aromatic amines is 1. The van der Waals surface area contributed by atoms with E-state index in [1.165, 1.54) is 24.4 Å². The van der Waals surface area contributed by atoms with Crippen molar-refractivity contribution in [3.8, 4) is 0 Å². The number of carbonyl (C=O) groups excluding carboxylic acids is 1. The van der Waals surface area contributed by atoms with E-state index in [0.29, 0.717) is 34.9 Å². The van der Waals surface area contributed by atoms with Crippen molar-refractivity contribution in [1.29, 1.82) is 0 Å². The second kappa shape index (κ2) is 6.07. The zero-order valence-electron chi connectivity index (χ0n) is 13.9. The van der Waals surface area contributed by atoms with Crippen LogP contribution in [0.3, 0.4) is 0 Å². The Labute approximate surface area is 148 Å². The zero-order valence-corrected chi connectivity index (χ0v) is 13.9. The molecule has 4 rings (SSSR count). The highest BCUT2D eigenvalue weighted by molar-refractivity contribution is 6.06. The SMILES string of the molecule is O=C(c1cccc2cc(=O)[nH]cc12)N1CCC(O)(c2cccc(F)c2)C1. The molecule has 1 unspecified atom stereocenters. The van der Waals surface area contributed by atoms with Gasteiger partial charge in [0.15, 0.2) is 0 Å². The molecule has 6 heteroatoms. The van der Waals surface area contributed by atoms with E-state index in [1.54, 1.807) is 35.2 Å². The Morgan fingerprint density at radius 1 is 1.19 bits per heavy atom. The number of β-amino-alcohol motifs (C(OH)–C–C–N with tert-alkyl or cyclic N) is 1. The van der Waals surface area contributed by atoms with Crippen molar-refractivity contribution in [3.63, 3.8) is 0 Å². The summed E-state index contributed by atoms with van der Waals surface area (Å²) in [6.07, 6.45) is 1.86. The highest BCUT2D eigenvalue weighted by Gasteiger charge is 2.40. The number of rotatable bonds is 2. The number of aromatic nitrogens is 1. The lowest BCUT2D eigenvalue weighted by Gasteiger charge is -2.24. The maximum atomic E-state index is 13.5. The first-order valence-electron chi connectivity index (χ1n) is 8.35. The van der Waals surface area contributed by atoms with Gasteiger partial charge in [0.2, 0.25) is 5.56 Å². The highest BCUT2D eigenvalue weighted by atomic mass is 19.1. The van der Waals surface area contributed by atoms with E-state index >= 15 is 0 Å². The van der Waals surface area contributed by atoms with E-state index in [4.69, 9.17) is 0 Å². The number of likely N-dealkylation sites (tertiary alicyclic amines) is 1. The third-order valence-corrected chi connectivity index (χ3v) is 4.91. The van der Waals surface area contributed by atoms with Crippen molar-refractivity contribution in [3.05, 3.63) is 82.0 Å². The molecule has 0 radical (unpaired) electrons. The molecular weight excluding hydrogens is 335 g/mol. The van der Waals surface area contributed by atoms with Crippen molar-refractivity contribution < 1.29 is 14.3 Å².